The van der Waals surface area contributed by atoms with Gasteiger partial charge in [-0.25, -0.2) is 0 Å². The molecule has 1 aliphatic rings. The van der Waals surface area contributed by atoms with E-state index in [0.717, 1.165) is 32.7 Å². The van der Waals surface area contributed by atoms with Crippen LogP contribution in [0.5, 0.6) is 0 Å². The molecule has 0 spiro atoms. The average molecular weight is 261 g/mol. The molecule has 3 heteroatoms. The number of piperazine rings is 1. The molecule has 0 aliphatic carbocycles. The van der Waals surface area contributed by atoms with Crippen LogP contribution in [0.4, 0.5) is 5.69 Å². The Kier molecular flexibility index (Phi) is 4.48. The Bertz CT molecular complexity index is 400. The molecule has 0 bridgehead atoms. The van der Waals surface area contributed by atoms with Gasteiger partial charge in [0.2, 0.25) is 0 Å². The lowest BCUT2D eigenvalue weighted by Gasteiger charge is -2.41. The molecule has 106 valence electrons. The smallest absolute Gasteiger partial charge is 0.0346 e. The van der Waals surface area contributed by atoms with Crippen LogP contribution in [0.1, 0.15) is 25.0 Å². The number of hydrogen-bond donors (Lipinski definition) is 2. The summed E-state index contributed by atoms with van der Waals surface area (Å²) in [4.78, 5) is 2.57. The van der Waals surface area contributed by atoms with Gasteiger partial charge in [-0.3, -0.25) is 4.90 Å². The fraction of sp³-hybridized carbons (Fsp3) is 0.625. The lowest BCUT2D eigenvalue weighted by molar-refractivity contribution is 0.114. The monoisotopic (exact) mass is 261 g/mol. The van der Waals surface area contributed by atoms with Crippen molar-refractivity contribution in [3.05, 3.63) is 29.3 Å². The molecule has 0 aromatic heterocycles. The fourth-order valence-electron chi connectivity index (χ4n) is 2.78. The summed E-state index contributed by atoms with van der Waals surface area (Å²) in [6, 6.07) is 6.66. The average Bonchev–Trinajstić information content (AvgIpc) is 2.37. The van der Waals surface area contributed by atoms with Crippen molar-refractivity contribution >= 4 is 5.69 Å². The first-order valence-corrected chi connectivity index (χ1v) is 7.25. The summed E-state index contributed by atoms with van der Waals surface area (Å²) in [6.07, 6.45) is 0. The van der Waals surface area contributed by atoms with Crippen LogP contribution < -0.4 is 10.6 Å². The highest BCUT2D eigenvalue weighted by Gasteiger charge is 2.27. The summed E-state index contributed by atoms with van der Waals surface area (Å²) in [5.74, 6) is 0. The Labute approximate surface area is 117 Å². The Morgan fingerprint density at radius 2 is 1.68 bits per heavy atom. The second-order valence-electron chi connectivity index (χ2n) is 6.28. The maximum Gasteiger partial charge on any atom is 0.0346 e. The number of nitrogens with zero attached hydrogens (tertiary/aromatic N) is 1. The van der Waals surface area contributed by atoms with Gasteiger partial charge in [0, 0.05) is 44.0 Å². The first kappa shape index (κ1) is 14.4. The third-order valence-electron chi connectivity index (χ3n) is 3.92. The van der Waals surface area contributed by atoms with Crippen molar-refractivity contribution in [3.63, 3.8) is 0 Å². The fourth-order valence-corrected chi connectivity index (χ4v) is 2.78. The van der Waals surface area contributed by atoms with Gasteiger partial charge in [-0.15, -0.1) is 0 Å². The highest BCUT2D eigenvalue weighted by atomic mass is 15.2. The molecule has 0 amide bonds. The second kappa shape index (κ2) is 5.93. The van der Waals surface area contributed by atoms with Crippen molar-refractivity contribution in [1.82, 2.24) is 10.2 Å². The van der Waals surface area contributed by atoms with Crippen molar-refractivity contribution in [2.24, 2.45) is 0 Å². The SMILES string of the molecule is Cc1cc(C)cc(NCC(C)(C)N2CCNCC2)c1. The van der Waals surface area contributed by atoms with Crippen molar-refractivity contribution in [3.8, 4) is 0 Å². The first-order valence-electron chi connectivity index (χ1n) is 7.25. The molecule has 3 nitrogen and oxygen atoms in total. The molecule has 0 saturated carbocycles. The number of rotatable bonds is 4. The third-order valence-corrected chi connectivity index (χ3v) is 3.92. The van der Waals surface area contributed by atoms with Crippen molar-refractivity contribution in [2.75, 3.05) is 38.0 Å². The van der Waals surface area contributed by atoms with Gasteiger partial charge in [-0.05, 0) is 51.0 Å². The van der Waals surface area contributed by atoms with Crippen LogP contribution in [0, 0.1) is 13.8 Å². The third kappa shape index (κ3) is 3.95. The van der Waals surface area contributed by atoms with Crippen LogP contribution in [0.25, 0.3) is 0 Å². The molecule has 0 unspecified atom stereocenters. The van der Waals surface area contributed by atoms with Crippen LogP contribution in [-0.4, -0.2) is 43.2 Å². The molecule has 0 radical (unpaired) electrons. The van der Waals surface area contributed by atoms with Crippen molar-refractivity contribution in [2.45, 2.75) is 33.2 Å². The predicted octanol–water partition coefficient (Wildman–Crippen LogP) is 2.40. The van der Waals surface area contributed by atoms with E-state index in [0.29, 0.717) is 0 Å². The van der Waals surface area contributed by atoms with Gasteiger partial charge >= 0.3 is 0 Å². The normalized spacial score (nSPS) is 17.5. The van der Waals surface area contributed by atoms with E-state index in [4.69, 9.17) is 0 Å². The van der Waals surface area contributed by atoms with Gasteiger partial charge in [0.25, 0.3) is 0 Å². The first-order chi connectivity index (χ1) is 8.97. The molecule has 2 rings (SSSR count). The van der Waals surface area contributed by atoms with Gasteiger partial charge in [-0.2, -0.15) is 0 Å². The van der Waals surface area contributed by atoms with E-state index >= 15 is 0 Å². The zero-order valence-electron chi connectivity index (χ0n) is 12.7. The quantitative estimate of drug-likeness (QED) is 0.871. The van der Waals surface area contributed by atoms with E-state index in [1.165, 1.54) is 16.8 Å². The van der Waals surface area contributed by atoms with Crippen LogP contribution in [-0.2, 0) is 0 Å². The number of anilines is 1. The second-order valence-corrected chi connectivity index (χ2v) is 6.28. The topological polar surface area (TPSA) is 27.3 Å². The van der Waals surface area contributed by atoms with Crippen LogP contribution >= 0.6 is 0 Å². The van der Waals surface area contributed by atoms with E-state index in [2.05, 4.69) is 61.4 Å². The lowest BCUT2D eigenvalue weighted by atomic mass is 10.0. The maximum atomic E-state index is 3.60. The van der Waals surface area contributed by atoms with Crippen molar-refractivity contribution < 1.29 is 0 Å². The Balaban J connectivity index is 1.96. The molecular weight excluding hydrogens is 234 g/mol. The molecule has 0 atom stereocenters. The highest BCUT2D eigenvalue weighted by molar-refractivity contribution is 5.48. The lowest BCUT2D eigenvalue weighted by Crippen LogP contribution is -2.56. The number of benzene rings is 1. The maximum absolute atomic E-state index is 3.60. The summed E-state index contributed by atoms with van der Waals surface area (Å²) in [5.41, 5.74) is 4.07. The molecule has 1 saturated heterocycles. The molecule has 19 heavy (non-hydrogen) atoms. The number of aryl methyl sites for hydroxylation is 2. The van der Waals surface area contributed by atoms with Crippen LogP contribution in [0.15, 0.2) is 18.2 Å². The number of nitrogens with one attached hydrogen (secondary N) is 2. The number of hydrogen-bond acceptors (Lipinski definition) is 3. The minimum Gasteiger partial charge on any atom is -0.383 e. The predicted molar refractivity (Wildman–Crippen MR) is 82.9 cm³/mol. The molecule has 1 heterocycles. The van der Waals surface area contributed by atoms with E-state index in [-0.39, 0.29) is 5.54 Å². The molecular formula is C16H27N3. The van der Waals surface area contributed by atoms with Gasteiger partial charge in [-0.1, -0.05) is 6.07 Å². The van der Waals surface area contributed by atoms with Gasteiger partial charge in [0.05, 0.1) is 0 Å². The summed E-state index contributed by atoms with van der Waals surface area (Å²) >= 11 is 0. The van der Waals surface area contributed by atoms with E-state index in [1.807, 2.05) is 0 Å². The highest BCUT2D eigenvalue weighted by Crippen LogP contribution is 2.18. The summed E-state index contributed by atoms with van der Waals surface area (Å²) in [6.45, 7) is 14.4. The van der Waals surface area contributed by atoms with Gasteiger partial charge in [0.1, 0.15) is 0 Å². The molecule has 1 aliphatic heterocycles. The minimum atomic E-state index is 0.194. The zero-order valence-corrected chi connectivity index (χ0v) is 12.7. The molecule has 2 N–H and O–H groups in total. The zero-order chi connectivity index (χ0) is 13.9. The Morgan fingerprint density at radius 3 is 2.26 bits per heavy atom. The van der Waals surface area contributed by atoms with Crippen LogP contribution in [0.3, 0.4) is 0 Å². The van der Waals surface area contributed by atoms with E-state index in [9.17, 15) is 0 Å². The molecule has 1 fully saturated rings. The summed E-state index contributed by atoms with van der Waals surface area (Å²) < 4.78 is 0. The summed E-state index contributed by atoms with van der Waals surface area (Å²) in [5, 5.41) is 7.02. The standard InChI is InChI=1S/C16H27N3/c1-13-9-14(2)11-15(10-13)18-12-16(3,4)19-7-5-17-6-8-19/h9-11,17-18H,5-8,12H2,1-4H3. The van der Waals surface area contributed by atoms with E-state index < -0.39 is 0 Å². The van der Waals surface area contributed by atoms with E-state index in [1.54, 1.807) is 0 Å². The largest absolute Gasteiger partial charge is 0.383 e. The summed E-state index contributed by atoms with van der Waals surface area (Å²) in [7, 11) is 0. The van der Waals surface area contributed by atoms with Crippen molar-refractivity contribution in [1.29, 1.82) is 0 Å². The minimum absolute atomic E-state index is 0.194. The van der Waals surface area contributed by atoms with Gasteiger partial charge < -0.3 is 10.6 Å². The molecule has 1 aromatic carbocycles. The van der Waals surface area contributed by atoms with Crippen LogP contribution in [0.2, 0.25) is 0 Å². The Morgan fingerprint density at radius 1 is 1.11 bits per heavy atom. The Hall–Kier alpha value is -1.06. The van der Waals surface area contributed by atoms with Gasteiger partial charge in [0.15, 0.2) is 0 Å². The molecule has 1 aromatic rings.